The van der Waals surface area contributed by atoms with E-state index in [2.05, 4.69) is 4.98 Å². The molecule has 6 nitrogen and oxygen atoms in total. The molecule has 1 aromatic carbocycles. The molecule has 1 unspecified atom stereocenters. The molecule has 0 amide bonds. The van der Waals surface area contributed by atoms with Crippen molar-refractivity contribution in [1.29, 1.82) is 0 Å². The lowest BCUT2D eigenvalue weighted by atomic mass is 10.1. The van der Waals surface area contributed by atoms with Crippen molar-refractivity contribution in [2.45, 2.75) is 19.6 Å². The minimum absolute atomic E-state index is 0.277. The normalized spacial score (nSPS) is 16.8. The lowest BCUT2D eigenvalue weighted by Crippen LogP contribution is -2.15. The Bertz CT molecular complexity index is 734. The van der Waals surface area contributed by atoms with Crippen molar-refractivity contribution in [3.05, 3.63) is 34.1 Å². The fourth-order valence-electron chi connectivity index (χ4n) is 2.04. The van der Waals surface area contributed by atoms with Crippen LogP contribution in [0, 0.1) is 0 Å². The fraction of sp³-hybridized carbons (Fsp3) is 0.231. The van der Waals surface area contributed by atoms with E-state index in [1.807, 2.05) is 6.92 Å². The average Bonchev–Trinajstić information content (AvgIpc) is 2.78. The van der Waals surface area contributed by atoms with E-state index in [1.165, 1.54) is 12.3 Å². The Balaban J connectivity index is 2.22. The number of H-pyrrole nitrogens is 1. The molecule has 98 valence electrons. The molecule has 2 aromatic rings. The second-order valence-electron chi connectivity index (χ2n) is 4.25. The van der Waals surface area contributed by atoms with Gasteiger partial charge in [0.2, 0.25) is 11.7 Å². The van der Waals surface area contributed by atoms with Gasteiger partial charge in [-0.15, -0.1) is 0 Å². The van der Waals surface area contributed by atoms with E-state index in [9.17, 15) is 9.59 Å². The number of benzene rings is 1. The molecule has 0 aliphatic carbocycles. The van der Waals surface area contributed by atoms with E-state index >= 15 is 0 Å². The largest absolute Gasteiger partial charge is 0.477 e. The molecule has 1 atom stereocenters. The van der Waals surface area contributed by atoms with Crippen LogP contribution in [0.1, 0.15) is 23.7 Å². The van der Waals surface area contributed by atoms with Crippen molar-refractivity contribution < 1.29 is 19.4 Å². The van der Waals surface area contributed by atoms with Crippen molar-refractivity contribution >= 4 is 16.9 Å². The van der Waals surface area contributed by atoms with Crippen LogP contribution >= 0.6 is 0 Å². The third kappa shape index (κ3) is 1.72. The van der Waals surface area contributed by atoms with Crippen LogP contribution < -0.4 is 14.9 Å². The molecule has 0 saturated carbocycles. The maximum Gasteiger partial charge on any atom is 0.341 e. The van der Waals surface area contributed by atoms with E-state index in [0.717, 1.165) is 0 Å². The SMILES string of the molecule is CCC1Oc2cc3[nH]cc(C(=O)O)c(=O)c3cc2O1. The molecule has 1 aliphatic rings. The monoisotopic (exact) mass is 261 g/mol. The molecule has 0 radical (unpaired) electrons. The Morgan fingerprint density at radius 3 is 2.68 bits per heavy atom. The number of hydrogen-bond acceptors (Lipinski definition) is 4. The fourth-order valence-corrected chi connectivity index (χ4v) is 2.04. The highest BCUT2D eigenvalue weighted by molar-refractivity contribution is 5.93. The minimum atomic E-state index is -1.26. The van der Waals surface area contributed by atoms with Gasteiger partial charge in [0.05, 0.1) is 10.9 Å². The number of fused-ring (bicyclic) bond motifs is 2. The van der Waals surface area contributed by atoms with E-state index in [4.69, 9.17) is 14.6 Å². The van der Waals surface area contributed by atoms with Gasteiger partial charge in [0.1, 0.15) is 5.56 Å². The molecular formula is C13H11NO5. The van der Waals surface area contributed by atoms with Gasteiger partial charge in [0.15, 0.2) is 11.5 Å². The Hall–Kier alpha value is -2.50. The highest BCUT2D eigenvalue weighted by atomic mass is 16.7. The maximum atomic E-state index is 12.0. The molecule has 0 fully saturated rings. The lowest BCUT2D eigenvalue weighted by Gasteiger charge is -2.04. The molecule has 2 N–H and O–H groups in total. The van der Waals surface area contributed by atoms with Crippen LogP contribution in [0.4, 0.5) is 0 Å². The predicted octanol–water partition coefficient (Wildman–Crippen LogP) is 1.73. The quantitative estimate of drug-likeness (QED) is 0.859. The first kappa shape index (κ1) is 11.6. The number of carboxylic acid groups (broad SMARTS) is 1. The van der Waals surface area contributed by atoms with E-state index < -0.39 is 11.4 Å². The zero-order valence-corrected chi connectivity index (χ0v) is 10.1. The highest BCUT2D eigenvalue weighted by Crippen LogP contribution is 2.37. The van der Waals surface area contributed by atoms with Crippen LogP contribution in [0.5, 0.6) is 11.5 Å². The Morgan fingerprint density at radius 1 is 1.37 bits per heavy atom. The zero-order chi connectivity index (χ0) is 13.6. The van der Waals surface area contributed by atoms with Gasteiger partial charge in [0.25, 0.3) is 0 Å². The van der Waals surface area contributed by atoms with Crippen molar-refractivity contribution in [2.24, 2.45) is 0 Å². The topological polar surface area (TPSA) is 88.6 Å². The van der Waals surface area contributed by atoms with Crippen LogP contribution in [-0.4, -0.2) is 22.3 Å². The van der Waals surface area contributed by atoms with E-state index in [1.54, 1.807) is 6.07 Å². The van der Waals surface area contributed by atoms with Crippen molar-refractivity contribution in [1.82, 2.24) is 4.98 Å². The Kier molecular flexibility index (Phi) is 2.45. The van der Waals surface area contributed by atoms with Crippen LogP contribution in [-0.2, 0) is 0 Å². The number of ether oxygens (including phenoxy) is 2. The molecule has 19 heavy (non-hydrogen) atoms. The van der Waals surface area contributed by atoms with Crippen molar-refractivity contribution in [3.63, 3.8) is 0 Å². The molecule has 1 aliphatic heterocycles. The number of rotatable bonds is 2. The third-order valence-corrected chi connectivity index (χ3v) is 3.03. The molecule has 6 heteroatoms. The Labute approximate surface area is 107 Å². The van der Waals surface area contributed by atoms with Gasteiger partial charge in [-0.25, -0.2) is 4.79 Å². The third-order valence-electron chi connectivity index (χ3n) is 3.03. The highest BCUT2D eigenvalue weighted by Gasteiger charge is 2.24. The Morgan fingerprint density at radius 2 is 2.05 bits per heavy atom. The van der Waals surface area contributed by atoms with Crippen LogP contribution in [0.3, 0.4) is 0 Å². The summed E-state index contributed by atoms with van der Waals surface area (Å²) in [7, 11) is 0. The molecular weight excluding hydrogens is 250 g/mol. The molecule has 0 spiro atoms. The second kappa shape index (κ2) is 4.01. The second-order valence-corrected chi connectivity index (χ2v) is 4.25. The summed E-state index contributed by atoms with van der Waals surface area (Å²) in [6.07, 6.45) is 1.51. The van der Waals surface area contributed by atoms with Crippen molar-refractivity contribution in [2.75, 3.05) is 0 Å². The van der Waals surface area contributed by atoms with Gasteiger partial charge < -0.3 is 19.6 Å². The van der Waals surface area contributed by atoms with Crippen molar-refractivity contribution in [3.8, 4) is 11.5 Å². The number of aromatic amines is 1. The molecule has 2 heterocycles. The van der Waals surface area contributed by atoms with Gasteiger partial charge >= 0.3 is 5.97 Å². The van der Waals surface area contributed by atoms with Gasteiger partial charge in [0, 0.05) is 18.7 Å². The van der Waals surface area contributed by atoms with Crippen LogP contribution in [0.2, 0.25) is 0 Å². The minimum Gasteiger partial charge on any atom is -0.477 e. The molecule has 0 saturated heterocycles. The summed E-state index contributed by atoms with van der Waals surface area (Å²) in [6.45, 7) is 1.92. The standard InChI is InChI=1S/C13H11NO5/c1-2-11-18-9-3-6-8(4-10(9)19-11)14-5-7(12(6)15)13(16)17/h3-5,11H,2H2,1H3,(H,14,15)(H,16,17). The first-order valence-electron chi connectivity index (χ1n) is 5.86. The zero-order valence-electron chi connectivity index (χ0n) is 10.1. The van der Waals surface area contributed by atoms with Gasteiger partial charge in [-0.2, -0.15) is 0 Å². The average molecular weight is 261 g/mol. The first-order chi connectivity index (χ1) is 9.10. The smallest absolute Gasteiger partial charge is 0.341 e. The van der Waals surface area contributed by atoms with Crippen LogP contribution in [0.25, 0.3) is 10.9 Å². The first-order valence-corrected chi connectivity index (χ1v) is 5.86. The summed E-state index contributed by atoms with van der Waals surface area (Å²) in [5, 5.41) is 9.20. The van der Waals surface area contributed by atoms with Gasteiger partial charge in [-0.05, 0) is 6.07 Å². The number of aromatic carboxylic acids is 1. The summed E-state index contributed by atoms with van der Waals surface area (Å²) in [5.41, 5.74) is -0.305. The predicted molar refractivity (Wildman–Crippen MR) is 66.9 cm³/mol. The number of carbonyl (C=O) groups is 1. The number of nitrogens with one attached hydrogen (secondary N) is 1. The number of hydrogen-bond donors (Lipinski definition) is 2. The summed E-state index contributed by atoms with van der Waals surface area (Å²) in [4.78, 5) is 25.7. The maximum absolute atomic E-state index is 12.0. The van der Waals surface area contributed by atoms with Crippen LogP contribution in [0.15, 0.2) is 23.1 Å². The van der Waals surface area contributed by atoms with E-state index in [0.29, 0.717) is 23.4 Å². The van der Waals surface area contributed by atoms with Gasteiger partial charge in [-0.3, -0.25) is 4.79 Å². The summed E-state index contributed by atoms with van der Waals surface area (Å²) in [5.74, 6) is -0.238. The summed E-state index contributed by atoms with van der Waals surface area (Å²) >= 11 is 0. The summed E-state index contributed by atoms with van der Waals surface area (Å²) < 4.78 is 11.0. The molecule has 1 aromatic heterocycles. The number of carboxylic acids is 1. The van der Waals surface area contributed by atoms with Gasteiger partial charge in [-0.1, -0.05) is 6.92 Å². The molecule has 3 rings (SSSR count). The number of aromatic nitrogens is 1. The molecule has 0 bridgehead atoms. The lowest BCUT2D eigenvalue weighted by molar-refractivity contribution is 0.0465. The summed E-state index contributed by atoms with van der Waals surface area (Å²) in [6, 6.07) is 3.17. The number of pyridine rings is 1. The van der Waals surface area contributed by atoms with E-state index in [-0.39, 0.29) is 17.2 Å².